The molecule has 0 spiro atoms. The average Bonchev–Trinajstić information content (AvgIpc) is 2.47. The van der Waals surface area contributed by atoms with Crippen molar-refractivity contribution < 1.29 is 19.1 Å². The first-order chi connectivity index (χ1) is 9.36. The molecule has 0 saturated heterocycles. The standard InChI is InChI=1S/C15H22O4Si/c1-11(13(14(16)18-2)15(17)19-3)20(4,5)12-9-7-6-8-10-12/h6-11,13H,1-5H3. The highest BCUT2D eigenvalue weighted by molar-refractivity contribution is 6.91. The van der Waals surface area contributed by atoms with Crippen molar-refractivity contribution in [2.75, 3.05) is 14.2 Å². The molecular formula is C15H22O4Si. The van der Waals surface area contributed by atoms with E-state index in [0.29, 0.717) is 0 Å². The maximum atomic E-state index is 11.9. The van der Waals surface area contributed by atoms with Crippen LogP contribution in [0.3, 0.4) is 0 Å². The molecule has 1 rings (SSSR count). The number of hydrogen-bond donors (Lipinski definition) is 0. The lowest BCUT2D eigenvalue weighted by molar-refractivity contribution is -0.158. The summed E-state index contributed by atoms with van der Waals surface area (Å²) in [5.74, 6) is -1.92. The lowest BCUT2D eigenvalue weighted by atomic mass is 10.1. The molecule has 0 aliphatic heterocycles. The van der Waals surface area contributed by atoms with Crippen molar-refractivity contribution in [1.29, 1.82) is 0 Å². The first-order valence-electron chi connectivity index (χ1n) is 6.57. The Kier molecular flexibility index (Phi) is 5.50. The number of rotatable bonds is 5. The first kappa shape index (κ1) is 16.4. The summed E-state index contributed by atoms with van der Waals surface area (Å²) in [6, 6.07) is 10.0. The van der Waals surface area contributed by atoms with Crippen molar-refractivity contribution in [2.45, 2.75) is 25.6 Å². The van der Waals surface area contributed by atoms with E-state index >= 15 is 0 Å². The highest BCUT2D eigenvalue weighted by Gasteiger charge is 2.44. The Hall–Kier alpha value is -1.62. The van der Waals surface area contributed by atoms with E-state index in [0.717, 1.165) is 0 Å². The first-order valence-corrected chi connectivity index (χ1v) is 9.65. The Morgan fingerprint density at radius 1 is 1.00 bits per heavy atom. The highest BCUT2D eigenvalue weighted by atomic mass is 28.3. The molecule has 0 saturated carbocycles. The van der Waals surface area contributed by atoms with E-state index in [1.54, 1.807) is 0 Å². The summed E-state index contributed by atoms with van der Waals surface area (Å²) in [6.07, 6.45) is 0. The quantitative estimate of drug-likeness (QED) is 0.473. The fourth-order valence-electron chi connectivity index (χ4n) is 2.31. The summed E-state index contributed by atoms with van der Waals surface area (Å²) < 4.78 is 9.54. The molecule has 1 aromatic rings. The van der Waals surface area contributed by atoms with Gasteiger partial charge in [-0.15, -0.1) is 0 Å². The number of carbonyl (C=O) groups is 2. The van der Waals surface area contributed by atoms with E-state index in [4.69, 9.17) is 9.47 Å². The van der Waals surface area contributed by atoms with Crippen molar-refractivity contribution in [3.63, 3.8) is 0 Å². The van der Waals surface area contributed by atoms with Gasteiger partial charge in [-0.05, 0) is 5.54 Å². The van der Waals surface area contributed by atoms with Crippen molar-refractivity contribution in [3.8, 4) is 0 Å². The summed E-state index contributed by atoms with van der Waals surface area (Å²) in [6.45, 7) is 6.22. The van der Waals surface area contributed by atoms with Crippen LogP contribution in [-0.2, 0) is 19.1 Å². The van der Waals surface area contributed by atoms with Crippen molar-refractivity contribution in [2.24, 2.45) is 5.92 Å². The second kappa shape index (κ2) is 6.70. The summed E-state index contributed by atoms with van der Waals surface area (Å²) in [4.78, 5) is 23.9. The molecule has 0 radical (unpaired) electrons. The summed E-state index contributed by atoms with van der Waals surface area (Å²) in [5.41, 5.74) is -0.121. The van der Waals surface area contributed by atoms with Gasteiger partial charge in [-0.25, -0.2) is 0 Å². The van der Waals surface area contributed by atoms with E-state index < -0.39 is 25.9 Å². The summed E-state index contributed by atoms with van der Waals surface area (Å²) in [5, 5.41) is 1.20. The topological polar surface area (TPSA) is 52.6 Å². The van der Waals surface area contributed by atoms with E-state index in [1.807, 2.05) is 37.3 Å². The molecule has 0 amide bonds. The third-order valence-corrected chi connectivity index (χ3v) is 8.50. The largest absolute Gasteiger partial charge is 0.468 e. The van der Waals surface area contributed by atoms with Gasteiger partial charge in [-0.1, -0.05) is 55.5 Å². The number of esters is 2. The number of hydrogen-bond acceptors (Lipinski definition) is 4. The van der Waals surface area contributed by atoms with Crippen LogP contribution in [0.2, 0.25) is 18.6 Å². The van der Waals surface area contributed by atoms with Gasteiger partial charge >= 0.3 is 11.9 Å². The Morgan fingerprint density at radius 2 is 1.45 bits per heavy atom. The Bertz CT molecular complexity index is 454. The zero-order valence-electron chi connectivity index (χ0n) is 12.7. The molecule has 4 nitrogen and oxygen atoms in total. The fourth-order valence-corrected chi connectivity index (χ4v) is 4.99. The van der Waals surface area contributed by atoms with Crippen LogP contribution in [0.4, 0.5) is 0 Å². The zero-order valence-corrected chi connectivity index (χ0v) is 13.7. The van der Waals surface area contributed by atoms with Crippen LogP contribution >= 0.6 is 0 Å². The minimum Gasteiger partial charge on any atom is -0.468 e. The molecule has 1 aromatic carbocycles. The molecule has 1 unspecified atom stereocenters. The van der Waals surface area contributed by atoms with Crippen molar-refractivity contribution in [3.05, 3.63) is 30.3 Å². The van der Waals surface area contributed by atoms with Gasteiger partial charge in [0, 0.05) is 0 Å². The van der Waals surface area contributed by atoms with Gasteiger partial charge < -0.3 is 9.47 Å². The molecule has 1 atom stereocenters. The Labute approximate surface area is 121 Å². The van der Waals surface area contributed by atoms with E-state index in [1.165, 1.54) is 19.4 Å². The molecule has 5 heteroatoms. The minimum absolute atomic E-state index is 0.121. The van der Waals surface area contributed by atoms with Gasteiger partial charge in [0.05, 0.1) is 22.3 Å². The van der Waals surface area contributed by atoms with Gasteiger partial charge in [-0.2, -0.15) is 0 Å². The lowest BCUT2D eigenvalue weighted by Gasteiger charge is -2.33. The summed E-state index contributed by atoms with van der Waals surface area (Å²) >= 11 is 0. The smallest absolute Gasteiger partial charge is 0.320 e. The molecule has 0 aliphatic rings. The van der Waals surface area contributed by atoms with Crippen LogP contribution < -0.4 is 5.19 Å². The Morgan fingerprint density at radius 3 is 1.85 bits per heavy atom. The van der Waals surface area contributed by atoms with Gasteiger partial charge in [-0.3, -0.25) is 9.59 Å². The second-order valence-electron chi connectivity index (χ2n) is 5.40. The molecule has 20 heavy (non-hydrogen) atoms. The van der Waals surface area contributed by atoms with Gasteiger partial charge in [0.25, 0.3) is 0 Å². The highest BCUT2D eigenvalue weighted by Crippen LogP contribution is 2.31. The van der Waals surface area contributed by atoms with Crippen molar-refractivity contribution >= 4 is 25.2 Å². The number of ether oxygens (including phenoxy) is 2. The van der Waals surface area contributed by atoms with Crippen LogP contribution in [0.15, 0.2) is 30.3 Å². The minimum atomic E-state index is -2.01. The second-order valence-corrected chi connectivity index (χ2v) is 10.3. The van der Waals surface area contributed by atoms with Crippen LogP contribution in [0.1, 0.15) is 6.92 Å². The molecule has 0 heterocycles. The third-order valence-electron chi connectivity index (χ3n) is 4.07. The molecule has 0 N–H and O–H groups in total. The van der Waals surface area contributed by atoms with Gasteiger partial charge in [0.15, 0.2) is 5.92 Å². The van der Waals surface area contributed by atoms with Gasteiger partial charge in [0.1, 0.15) is 0 Å². The van der Waals surface area contributed by atoms with Crippen LogP contribution in [0, 0.1) is 5.92 Å². The SMILES string of the molecule is COC(=O)C(C(=O)OC)C(C)[Si](C)(C)c1ccccc1. The van der Waals surface area contributed by atoms with Crippen LogP contribution in [0.5, 0.6) is 0 Å². The Balaban J connectivity index is 3.14. The van der Waals surface area contributed by atoms with E-state index in [9.17, 15) is 9.59 Å². The van der Waals surface area contributed by atoms with E-state index in [2.05, 4.69) is 13.1 Å². The molecule has 0 aliphatic carbocycles. The zero-order chi connectivity index (χ0) is 15.3. The predicted molar refractivity (Wildman–Crippen MR) is 80.5 cm³/mol. The molecule has 0 fully saturated rings. The predicted octanol–water partition coefficient (Wildman–Crippen LogP) is 1.95. The lowest BCUT2D eigenvalue weighted by Crippen LogP contribution is -2.50. The van der Waals surface area contributed by atoms with Gasteiger partial charge in [0.2, 0.25) is 0 Å². The summed E-state index contributed by atoms with van der Waals surface area (Å²) in [7, 11) is 0.582. The van der Waals surface area contributed by atoms with Crippen LogP contribution in [-0.4, -0.2) is 34.2 Å². The van der Waals surface area contributed by atoms with E-state index in [-0.39, 0.29) is 5.54 Å². The van der Waals surface area contributed by atoms with Crippen molar-refractivity contribution in [1.82, 2.24) is 0 Å². The normalized spacial score (nSPS) is 12.9. The number of benzene rings is 1. The molecular weight excluding hydrogens is 272 g/mol. The monoisotopic (exact) mass is 294 g/mol. The number of methoxy groups -OCH3 is 2. The maximum Gasteiger partial charge on any atom is 0.320 e. The molecule has 0 bridgehead atoms. The fraction of sp³-hybridized carbons (Fsp3) is 0.467. The number of carbonyl (C=O) groups excluding carboxylic acids is 2. The molecule has 0 aromatic heterocycles. The van der Waals surface area contributed by atoms with Crippen LogP contribution in [0.25, 0.3) is 0 Å². The third kappa shape index (κ3) is 3.28. The maximum absolute atomic E-state index is 11.9. The molecule has 110 valence electrons. The average molecular weight is 294 g/mol.